The van der Waals surface area contributed by atoms with E-state index in [0.29, 0.717) is 6.07 Å². The molecule has 0 bridgehead atoms. The summed E-state index contributed by atoms with van der Waals surface area (Å²) in [6.45, 7) is 1.93. The maximum atomic E-state index is 14.4. The molecule has 0 spiro atoms. The molecular formula is C21H20F5N3O4. The molecule has 1 saturated heterocycles. The minimum absolute atomic E-state index is 0.147. The average Bonchev–Trinajstić information content (AvgIpc) is 3.01. The Morgan fingerprint density at radius 3 is 2.55 bits per heavy atom. The van der Waals surface area contributed by atoms with Crippen LogP contribution in [-0.4, -0.2) is 41.8 Å². The van der Waals surface area contributed by atoms with Crippen LogP contribution in [0.3, 0.4) is 0 Å². The monoisotopic (exact) mass is 474 g/mol. The quantitative estimate of drug-likeness (QED) is 0.646. The number of pyridine rings is 1. The standard InChI is InChI=1S/C21H20F5N3O4/c1-9-14(11-4-5-12(22)15(23)16(11)32-3)17(33-20(9,2)21(24,25)26)19(31)29-10-6-7-28-13(8-10)18(27)30/h4-9,14,17H,1-3H3,(H2,27,30)(H,28,29,31)/t9-,14+,17-,20-/m0/s1/i7D. The van der Waals surface area contributed by atoms with Gasteiger partial charge in [0.2, 0.25) is 5.82 Å². The van der Waals surface area contributed by atoms with Gasteiger partial charge in [0.1, 0.15) is 11.8 Å². The predicted molar refractivity (Wildman–Crippen MR) is 106 cm³/mol. The van der Waals surface area contributed by atoms with Gasteiger partial charge in [-0.1, -0.05) is 13.0 Å². The molecule has 2 aromatic rings. The van der Waals surface area contributed by atoms with Crippen LogP contribution in [-0.2, 0) is 9.53 Å². The highest BCUT2D eigenvalue weighted by Gasteiger charge is 2.65. The highest BCUT2D eigenvalue weighted by atomic mass is 19.4. The van der Waals surface area contributed by atoms with Crippen LogP contribution in [0.2, 0.25) is 0 Å². The minimum atomic E-state index is -4.92. The van der Waals surface area contributed by atoms with Crippen molar-refractivity contribution in [2.24, 2.45) is 11.7 Å². The van der Waals surface area contributed by atoms with Gasteiger partial charge in [0.25, 0.3) is 11.8 Å². The fourth-order valence-electron chi connectivity index (χ4n) is 3.84. The van der Waals surface area contributed by atoms with E-state index in [1.165, 1.54) is 6.92 Å². The summed E-state index contributed by atoms with van der Waals surface area (Å²) in [7, 11) is 1.01. The van der Waals surface area contributed by atoms with Crippen LogP contribution in [0.25, 0.3) is 0 Å². The Morgan fingerprint density at radius 1 is 1.30 bits per heavy atom. The van der Waals surface area contributed by atoms with Crippen molar-refractivity contribution in [1.29, 1.82) is 0 Å². The molecule has 1 aromatic carbocycles. The number of hydrogen-bond acceptors (Lipinski definition) is 5. The van der Waals surface area contributed by atoms with E-state index in [0.717, 1.165) is 32.2 Å². The lowest BCUT2D eigenvalue weighted by atomic mass is 9.77. The molecule has 1 aromatic heterocycles. The molecule has 4 atom stereocenters. The average molecular weight is 474 g/mol. The zero-order chi connectivity index (χ0) is 25.6. The molecule has 2 heterocycles. The Morgan fingerprint density at radius 2 is 1.97 bits per heavy atom. The smallest absolute Gasteiger partial charge is 0.417 e. The fourth-order valence-corrected chi connectivity index (χ4v) is 3.84. The summed E-state index contributed by atoms with van der Waals surface area (Å²) >= 11 is 0. The molecule has 3 rings (SSSR count). The van der Waals surface area contributed by atoms with Crippen molar-refractivity contribution < 1.29 is 42.4 Å². The molecule has 178 valence electrons. The second-order valence-corrected chi connectivity index (χ2v) is 7.67. The van der Waals surface area contributed by atoms with Gasteiger partial charge in [0, 0.05) is 29.3 Å². The van der Waals surface area contributed by atoms with Gasteiger partial charge in [0.05, 0.1) is 8.48 Å². The van der Waals surface area contributed by atoms with Gasteiger partial charge < -0.3 is 20.5 Å². The molecule has 0 saturated carbocycles. The minimum Gasteiger partial charge on any atom is -0.493 e. The molecule has 33 heavy (non-hydrogen) atoms. The summed E-state index contributed by atoms with van der Waals surface area (Å²) in [5, 5.41) is 2.29. The molecule has 12 heteroatoms. The summed E-state index contributed by atoms with van der Waals surface area (Å²) in [4.78, 5) is 28.1. The van der Waals surface area contributed by atoms with Crippen molar-refractivity contribution in [2.45, 2.75) is 37.6 Å². The number of anilines is 1. The number of primary amides is 1. The zero-order valence-corrected chi connectivity index (χ0v) is 17.6. The number of benzene rings is 1. The van der Waals surface area contributed by atoms with Gasteiger partial charge in [-0.25, -0.2) is 4.39 Å². The predicted octanol–water partition coefficient (Wildman–Crippen LogP) is 3.55. The maximum absolute atomic E-state index is 14.4. The number of carbonyl (C=O) groups is 2. The summed E-state index contributed by atoms with van der Waals surface area (Å²) in [6.07, 6.45) is -7.19. The normalized spacial score (nSPS) is 25.5. The lowest BCUT2D eigenvalue weighted by Gasteiger charge is -2.32. The molecular weight excluding hydrogens is 453 g/mol. The highest BCUT2D eigenvalue weighted by Crippen LogP contribution is 2.55. The molecule has 1 fully saturated rings. The van der Waals surface area contributed by atoms with E-state index in [9.17, 15) is 31.5 Å². The number of methoxy groups -OCH3 is 1. The summed E-state index contributed by atoms with van der Waals surface area (Å²) in [5.41, 5.74) is 1.60. The van der Waals surface area contributed by atoms with Gasteiger partial charge in [-0.2, -0.15) is 17.6 Å². The van der Waals surface area contributed by atoms with Crippen LogP contribution in [0.4, 0.5) is 27.6 Å². The number of nitrogens with two attached hydrogens (primary N) is 1. The molecule has 0 aliphatic carbocycles. The second-order valence-electron chi connectivity index (χ2n) is 7.67. The van der Waals surface area contributed by atoms with Crippen LogP contribution in [0, 0.1) is 17.6 Å². The number of aromatic nitrogens is 1. The van der Waals surface area contributed by atoms with E-state index < -0.39 is 65.1 Å². The number of nitrogens with zero attached hydrogens (tertiary/aromatic N) is 1. The first-order valence-corrected chi connectivity index (χ1v) is 9.57. The van der Waals surface area contributed by atoms with E-state index in [-0.39, 0.29) is 16.9 Å². The zero-order valence-electron chi connectivity index (χ0n) is 18.6. The lowest BCUT2D eigenvalue weighted by Crippen LogP contribution is -2.47. The third kappa shape index (κ3) is 4.22. The first-order valence-electron chi connectivity index (χ1n) is 10.1. The van der Waals surface area contributed by atoms with E-state index in [1.54, 1.807) is 0 Å². The molecule has 1 aliphatic rings. The maximum Gasteiger partial charge on any atom is 0.417 e. The Balaban J connectivity index is 2.09. The number of nitrogens with one attached hydrogen (secondary N) is 1. The van der Waals surface area contributed by atoms with Crippen LogP contribution in [0.5, 0.6) is 5.75 Å². The number of ether oxygens (including phenoxy) is 2. The van der Waals surface area contributed by atoms with Crippen LogP contribution < -0.4 is 15.8 Å². The van der Waals surface area contributed by atoms with Crippen molar-refractivity contribution in [1.82, 2.24) is 4.98 Å². The van der Waals surface area contributed by atoms with Crippen molar-refractivity contribution in [3.63, 3.8) is 0 Å². The number of halogens is 5. The Bertz CT molecular complexity index is 1150. The van der Waals surface area contributed by atoms with E-state index in [1.807, 2.05) is 0 Å². The number of alkyl halides is 3. The van der Waals surface area contributed by atoms with E-state index >= 15 is 0 Å². The number of carbonyl (C=O) groups excluding carboxylic acids is 2. The molecule has 1 aliphatic heterocycles. The number of rotatable bonds is 5. The summed E-state index contributed by atoms with van der Waals surface area (Å²) in [6, 6.07) is 3.82. The van der Waals surface area contributed by atoms with Crippen molar-refractivity contribution in [3.8, 4) is 5.75 Å². The van der Waals surface area contributed by atoms with E-state index in [2.05, 4.69) is 10.3 Å². The topological polar surface area (TPSA) is 104 Å². The van der Waals surface area contributed by atoms with Crippen LogP contribution >= 0.6 is 0 Å². The third-order valence-electron chi connectivity index (χ3n) is 5.79. The van der Waals surface area contributed by atoms with Gasteiger partial charge in [0.15, 0.2) is 17.2 Å². The van der Waals surface area contributed by atoms with Crippen LogP contribution in [0.1, 0.15) is 37.2 Å². The number of amides is 2. The lowest BCUT2D eigenvalue weighted by molar-refractivity contribution is -0.272. The van der Waals surface area contributed by atoms with Crippen molar-refractivity contribution in [3.05, 3.63) is 53.3 Å². The largest absolute Gasteiger partial charge is 0.493 e. The van der Waals surface area contributed by atoms with Crippen molar-refractivity contribution >= 4 is 17.5 Å². The molecule has 7 nitrogen and oxygen atoms in total. The van der Waals surface area contributed by atoms with Gasteiger partial charge in [-0.15, -0.1) is 0 Å². The Kier molecular flexibility index (Phi) is 5.95. The van der Waals surface area contributed by atoms with Gasteiger partial charge in [-0.3, -0.25) is 14.6 Å². The van der Waals surface area contributed by atoms with Crippen LogP contribution in [0.15, 0.2) is 30.4 Å². The van der Waals surface area contributed by atoms with Gasteiger partial charge in [-0.05, 0) is 25.1 Å². The van der Waals surface area contributed by atoms with Crippen molar-refractivity contribution in [2.75, 3.05) is 12.4 Å². The first kappa shape index (κ1) is 22.9. The molecule has 3 N–H and O–H groups in total. The van der Waals surface area contributed by atoms with Gasteiger partial charge >= 0.3 is 6.18 Å². The number of hydrogen-bond donors (Lipinski definition) is 2. The molecule has 0 unspecified atom stereocenters. The van der Waals surface area contributed by atoms with E-state index in [4.69, 9.17) is 16.6 Å². The SMILES string of the molecule is [2H]c1cc(NC(=O)[C@H]2O[C@](C)(C(F)(F)F)[C@@H](C)[C@@H]2c2ccc(F)c(F)c2OC)cc(C(N)=O)n1. The molecule has 2 amide bonds. The Hall–Kier alpha value is -3.28. The summed E-state index contributed by atoms with van der Waals surface area (Å²) < 4.78 is 87.8. The molecule has 0 radical (unpaired) electrons. The Labute approximate surface area is 186 Å². The second kappa shape index (κ2) is 8.58. The summed E-state index contributed by atoms with van der Waals surface area (Å²) in [5.74, 6) is -8.30. The third-order valence-corrected chi connectivity index (χ3v) is 5.79. The first-order chi connectivity index (χ1) is 15.7. The fraction of sp³-hybridized carbons (Fsp3) is 0.381. The highest BCUT2D eigenvalue weighted by molar-refractivity contribution is 5.97.